The number of carbonyl (C=O) groups excluding carboxylic acids is 1. The monoisotopic (exact) mass is 468 g/mol. The fourth-order valence-corrected chi connectivity index (χ4v) is 3.33. The number of carbonyl (C=O) groups is 1. The van der Waals surface area contributed by atoms with Crippen LogP contribution in [0.5, 0.6) is 0 Å². The molecule has 1 unspecified atom stereocenters. The number of amides is 1. The second-order valence-electron chi connectivity index (χ2n) is 7.47. The number of rotatable bonds is 5. The molecule has 4 rings (SSSR count). The van der Waals surface area contributed by atoms with Gasteiger partial charge in [0.2, 0.25) is 0 Å². The summed E-state index contributed by atoms with van der Waals surface area (Å²) in [4.78, 5) is 29.5. The number of aliphatic hydroxyl groups excluding tert-OH is 1. The van der Waals surface area contributed by atoms with Crippen molar-refractivity contribution in [3.05, 3.63) is 72.1 Å². The van der Waals surface area contributed by atoms with Gasteiger partial charge in [-0.1, -0.05) is 0 Å². The third-order valence-electron chi connectivity index (χ3n) is 5.12. The van der Waals surface area contributed by atoms with Crippen molar-refractivity contribution in [1.29, 1.82) is 0 Å². The van der Waals surface area contributed by atoms with E-state index in [2.05, 4.69) is 30.6 Å². The van der Waals surface area contributed by atoms with E-state index in [-0.39, 0.29) is 5.69 Å². The van der Waals surface area contributed by atoms with Crippen molar-refractivity contribution < 1.29 is 23.1 Å². The average Bonchev–Trinajstić information content (AvgIpc) is 2.83. The maximum Gasteiger partial charge on any atom is 0.418 e. The van der Waals surface area contributed by atoms with Crippen LogP contribution in [0.3, 0.4) is 0 Å². The Kier molecular flexibility index (Phi) is 6.12. The van der Waals surface area contributed by atoms with Crippen molar-refractivity contribution in [2.75, 3.05) is 17.7 Å². The van der Waals surface area contributed by atoms with E-state index in [1.807, 2.05) is 12.1 Å². The molecule has 0 spiro atoms. The Labute approximate surface area is 191 Å². The first-order valence-electron chi connectivity index (χ1n) is 10.1. The lowest BCUT2D eigenvalue weighted by Crippen LogP contribution is -2.21. The number of nitrogens with one attached hydrogen (secondary N) is 2. The molecule has 8 nitrogen and oxygen atoms in total. The molecule has 0 aliphatic rings. The second kappa shape index (κ2) is 9.02. The van der Waals surface area contributed by atoms with E-state index in [1.165, 1.54) is 6.20 Å². The molecule has 4 aromatic rings. The SMILES string of the molecule is CNc1cc2ncc(-c3cc(NC(=O)c4cc(C(O)C(F)(F)F)ccn4)cnc3C)cc2cn1. The summed E-state index contributed by atoms with van der Waals surface area (Å²) in [6.07, 6.45) is -1.73. The van der Waals surface area contributed by atoms with Crippen LogP contribution in [0.15, 0.2) is 55.1 Å². The summed E-state index contributed by atoms with van der Waals surface area (Å²) in [5.41, 5.74) is 2.46. The number of anilines is 2. The maximum atomic E-state index is 12.8. The summed E-state index contributed by atoms with van der Waals surface area (Å²) < 4.78 is 38.4. The Morgan fingerprint density at radius 1 is 1.03 bits per heavy atom. The van der Waals surface area contributed by atoms with Gasteiger partial charge in [0.25, 0.3) is 5.91 Å². The lowest BCUT2D eigenvalue weighted by atomic mass is 10.0. The molecular weight excluding hydrogens is 449 g/mol. The van der Waals surface area contributed by atoms with Gasteiger partial charge in [-0.05, 0) is 36.8 Å². The van der Waals surface area contributed by atoms with Crippen molar-refractivity contribution in [2.45, 2.75) is 19.2 Å². The Balaban J connectivity index is 1.61. The van der Waals surface area contributed by atoms with E-state index in [9.17, 15) is 23.1 Å². The normalized spacial score (nSPS) is 12.4. The maximum absolute atomic E-state index is 12.8. The lowest BCUT2D eigenvalue weighted by molar-refractivity contribution is -0.206. The molecule has 174 valence electrons. The number of hydrogen-bond donors (Lipinski definition) is 3. The number of aromatic nitrogens is 4. The van der Waals surface area contributed by atoms with Gasteiger partial charge in [-0.2, -0.15) is 13.2 Å². The highest BCUT2D eigenvalue weighted by molar-refractivity contribution is 6.03. The van der Waals surface area contributed by atoms with Crippen molar-refractivity contribution in [1.82, 2.24) is 19.9 Å². The molecule has 4 aromatic heterocycles. The predicted molar refractivity (Wildman–Crippen MR) is 120 cm³/mol. The minimum absolute atomic E-state index is 0.276. The molecule has 0 fully saturated rings. The molecule has 1 atom stereocenters. The largest absolute Gasteiger partial charge is 0.418 e. The zero-order chi connectivity index (χ0) is 24.5. The number of hydrogen-bond acceptors (Lipinski definition) is 7. The van der Waals surface area contributed by atoms with Gasteiger partial charge in [0.15, 0.2) is 6.10 Å². The van der Waals surface area contributed by atoms with Gasteiger partial charge in [-0.25, -0.2) is 4.98 Å². The van der Waals surface area contributed by atoms with Gasteiger partial charge in [-0.15, -0.1) is 0 Å². The number of aliphatic hydroxyl groups is 1. The third-order valence-corrected chi connectivity index (χ3v) is 5.12. The van der Waals surface area contributed by atoms with Crippen LogP contribution in [-0.2, 0) is 0 Å². The van der Waals surface area contributed by atoms with E-state index in [1.54, 1.807) is 32.4 Å². The highest BCUT2D eigenvalue weighted by Crippen LogP contribution is 2.32. The number of halogens is 3. The standard InChI is InChI=1S/C23H19F3N6O2/c1-12-17(14-5-15-10-31-20(27-2)8-18(15)30-9-14)7-16(11-29-12)32-22(34)19-6-13(3-4-28-19)21(33)23(24,25)26/h3-11,21,33H,1-2H3,(H,27,31)(H,32,34). The zero-order valence-electron chi connectivity index (χ0n) is 18.1. The molecule has 0 aromatic carbocycles. The van der Waals surface area contributed by atoms with Gasteiger partial charge in [-0.3, -0.25) is 19.7 Å². The highest BCUT2D eigenvalue weighted by Gasteiger charge is 2.39. The Hall–Kier alpha value is -4.12. The van der Waals surface area contributed by atoms with Gasteiger partial charge in [0, 0.05) is 53.9 Å². The van der Waals surface area contributed by atoms with Crippen LogP contribution in [0.1, 0.15) is 27.8 Å². The van der Waals surface area contributed by atoms with Gasteiger partial charge in [0.05, 0.1) is 17.4 Å². The van der Waals surface area contributed by atoms with Gasteiger partial charge in [0.1, 0.15) is 11.5 Å². The van der Waals surface area contributed by atoms with Crippen LogP contribution in [0, 0.1) is 6.92 Å². The number of pyridine rings is 4. The lowest BCUT2D eigenvalue weighted by Gasteiger charge is -2.15. The molecule has 0 saturated carbocycles. The third kappa shape index (κ3) is 4.79. The fourth-order valence-electron chi connectivity index (χ4n) is 3.33. The molecule has 1 amide bonds. The van der Waals surface area contributed by atoms with Crippen LogP contribution < -0.4 is 10.6 Å². The van der Waals surface area contributed by atoms with Crippen LogP contribution >= 0.6 is 0 Å². The van der Waals surface area contributed by atoms with Crippen LogP contribution in [0.4, 0.5) is 24.7 Å². The van der Waals surface area contributed by atoms with Crippen LogP contribution in [0.2, 0.25) is 0 Å². The summed E-state index contributed by atoms with van der Waals surface area (Å²) in [5.74, 6) is -0.0519. The summed E-state index contributed by atoms with van der Waals surface area (Å²) in [6, 6.07) is 7.30. The van der Waals surface area contributed by atoms with E-state index < -0.39 is 23.8 Å². The zero-order valence-corrected chi connectivity index (χ0v) is 18.1. The van der Waals surface area contributed by atoms with E-state index in [4.69, 9.17) is 0 Å². The van der Waals surface area contributed by atoms with Crippen LogP contribution in [0.25, 0.3) is 22.0 Å². The summed E-state index contributed by atoms with van der Waals surface area (Å²) >= 11 is 0. The highest BCUT2D eigenvalue weighted by atomic mass is 19.4. The molecule has 4 heterocycles. The van der Waals surface area contributed by atoms with Gasteiger partial charge < -0.3 is 15.7 Å². The molecular formula is C23H19F3N6O2. The molecule has 0 aliphatic heterocycles. The summed E-state index contributed by atoms with van der Waals surface area (Å²) in [7, 11) is 1.77. The molecule has 11 heteroatoms. The van der Waals surface area contributed by atoms with Crippen molar-refractivity contribution in [3.8, 4) is 11.1 Å². The molecule has 0 bridgehead atoms. The topological polar surface area (TPSA) is 113 Å². The summed E-state index contributed by atoms with van der Waals surface area (Å²) in [5, 5.41) is 15.8. The molecule has 34 heavy (non-hydrogen) atoms. The summed E-state index contributed by atoms with van der Waals surface area (Å²) in [6.45, 7) is 1.80. The van der Waals surface area contributed by atoms with Crippen molar-refractivity contribution in [2.24, 2.45) is 0 Å². The van der Waals surface area contributed by atoms with E-state index in [0.29, 0.717) is 22.8 Å². The molecule has 3 N–H and O–H groups in total. The second-order valence-corrected chi connectivity index (χ2v) is 7.47. The first-order valence-corrected chi connectivity index (χ1v) is 10.1. The predicted octanol–water partition coefficient (Wildman–Crippen LogP) is 4.28. The average molecular weight is 468 g/mol. The van der Waals surface area contributed by atoms with Gasteiger partial charge >= 0.3 is 6.18 Å². The Morgan fingerprint density at radius 3 is 2.56 bits per heavy atom. The minimum Gasteiger partial charge on any atom is -0.379 e. The van der Waals surface area contributed by atoms with Crippen LogP contribution in [-0.4, -0.2) is 44.2 Å². The molecule has 0 radical (unpaired) electrons. The number of alkyl halides is 3. The van der Waals surface area contributed by atoms with E-state index in [0.717, 1.165) is 34.8 Å². The van der Waals surface area contributed by atoms with Crippen molar-refractivity contribution in [3.63, 3.8) is 0 Å². The quantitative estimate of drug-likeness (QED) is 0.401. The Bertz CT molecular complexity index is 1380. The minimum atomic E-state index is -4.86. The van der Waals surface area contributed by atoms with Crippen molar-refractivity contribution >= 4 is 28.3 Å². The molecule has 0 aliphatic carbocycles. The Morgan fingerprint density at radius 2 is 1.82 bits per heavy atom. The van der Waals surface area contributed by atoms with E-state index >= 15 is 0 Å². The molecule has 0 saturated heterocycles. The number of aryl methyl sites for hydroxylation is 1. The smallest absolute Gasteiger partial charge is 0.379 e. The first kappa shape index (κ1) is 23.1. The number of fused-ring (bicyclic) bond motifs is 1. The first-order chi connectivity index (χ1) is 16.2. The number of nitrogens with zero attached hydrogens (tertiary/aromatic N) is 4. The fraction of sp³-hybridized carbons (Fsp3) is 0.174.